The summed E-state index contributed by atoms with van der Waals surface area (Å²) in [4.78, 5) is 57.8. The zero-order chi connectivity index (χ0) is 40.8. The lowest BCUT2D eigenvalue weighted by Gasteiger charge is -2.64. The second kappa shape index (κ2) is 15.6. The molecule has 2 bridgehead atoms. The minimum absolute atomic E-state index is 0.0128. The molecule has 2 saturated heterocycles. The Balaban J connectivity index is 1.31. The molecule has 5 unspecified atom stereocenters. The Kier molecular flexibility index (Phi) is 11.5. The smallest absolute Gasteiger partial charge is 0.482 e. The van der Waals surface area contributed by atoms with E-state index in [0.717, 1.165) is 18.4 Å². The van der Waals surface area contributed by atoms with E-state index in [1.807, 2.05) is 36.4 Å². The van der Waals surface area contributed by atoms with E-state index in [4.69, 9.17) is 28.3 Å². The molecule has 304 valence electrons. The van der Waals surface area contributed by atoms with Gasteiger partial charge in [-0.25, -0.2) is 14.4 Å². The summed E-state index contributed by atoms with van der Waals surface area (Å²) in [6.07, 6.45) is 0.576. The average Bonchev–Trinajstić information content (AvgIpc) is 3.49. The minimum Gasteiger partial charge on any atom is -0.496 e. The number of carbonyl (C=O) groups is 4. The monoisotopic (exact) mass is 775 g/mol. The van der Waals surface area contributed by atoms with Crippen molar-refractivity contribution >= 4 is 31.2 Å². The van der Waals surface area contributed by atoms with Crippen molar-refractivity contribution in [1.29, 1.82) is 0 Å². The van der Waals surface area contributed by atoms with Crippen LogP contribution >= 0.6 is 0 Å². The molecule has 1 N–H and O–H groups in total. The van der Waals surface area contributed by atoms with Crippen LogP contribution in [0.4, 0.5) is 9.59 Å². The van der Waals surface area contributed by atoms with Crippen LogP contribution in [-0.2, 0) is 41.3 Å². The number of nitrogens with one attached hydrogen (secondary N) is 1. The molecule has 0 radical (unpaired) electrons. The number of methoxy groups -OCH3 is 1. The number of hydrogen-bond acceptors (Lipinski definition) is 10. The zero-order valence-corrected chi connectivity index (χ0v) is 34.5. The molecule has 2 aliphatic heterocycles. The van der Waals surface area contributed by atoms with Gasteiger partial charge >= 0.3 is 25.3 Å². The van der Waals surface area contributed by atoms with E-state index < -0.39 is 60.0 Å². The Bertz CT molecular complexity index is 1790. The van der Waals surface area contributed by atoms with Crippen molar-refractivity contribution in [2.24, 2.45) is 17.3 Å². The van der Waals surface area contributed by atoms with Gasteiger partial charge in [0.1, 0.15) is 35.2 Å². The zero-order valence-electron chi connectivity index (χ0n) is 34.5. The lowest BCUT2D eigenvalue weighted by atomic mass is 9.43. The van der Waals surface area contributed by atoms with Crippen LogP contribution in [-0.4, -0.2) is 103 Å². The average molecular weight is 776 g/mol. The summed E-state index contributed by atoms with van der Waals surface area (Å²) >= 11 is 0. The quantitative estimate of drug-likeness (QED) is 0.178. The van der Waals surface area contributed by atoms with Crippen molar-refractivity contribution in [3.05, 3.63) is 65.2 Å². The van der Waals surface area contributed by atoms with Crippen LogP contribution < -0.4 is 10.1 Å². The predicted molar refractivity (Wildman–Crippen MR) is 209 cm³/mol. The Morgan fingerprint density at radius 3 is 2.25 bits per heavy atom. The van der Waals surface area contributed by atoms with Gasteiger partial charge in [0, 0.05) is 13.1 Å². The summed E-state index contributed by atoms with van der Waals surface area (Å²) in [7, 11) is 0.614. The Hall–Kier alpha value is -4.30. The number of ether oxygens (including phenoxy) is 4. The molecule has 2 aromatic rings. The molecule has 3 amide bonds. The number of rotatable bonds is 9. The number of nitrogens with zero attached hydrogens (tertiary/aromatic N) is 2. The van der Waals surface area contributed by atoms with E-state index in [9.17, 15) is 19.2 Å². The largest absolute Gasteiger partial charge is 0.496 e. The highest BCUT2D eigenvalue weighted by Gasteiger charge is 2.68. The highest BCUT2D eigenvalue weighted by molar-refractivity contribution is 6.48. The summed E-state index contributed by atoms with van der Waals surface area (Å²) in [6.45, 7) is 17.4. The molecule has 2 heterocycles. The molecule has 3 saturated carbocycles. The molecule has 2 aromatic carbocycles. The van der Waals surface area contributed by atoms with Gasteiger partial charge in [0.15, 0.2) is 0 Å². The van der Waals surface area contributed by atoms with E-state index in [1.54, 1.807) is 53.7 Å². The van der Waals surface area contributed by atoms with Crippen LogP contribution in [0.15, 0.2) is 48.5 Å². The molecule has 5 aliphatic rings. The molecule has 5 fully saturated rings. The van der Waals surface area contributed by atoms with Gasteiger partial charge in [-0.1, -0.05) is 56.3 Å². The van der Waals surface area contributed by atoms with Crippen LogP contribution in [0.3, 0.4) is 0 Å². The standard InChI is InChI=1S/C42H58BN3O10/c1-39(2,3)53-36(48)29-18-14-17-27(34(29)51-10)21-33(43-55-32-23-28-22-31(41(28,7)8)42(32,9)56-43)44-35(47)30-24-45(37(49)54-40(4,5)6)19-20-46(30)38(50)52-25-26-15-12-11-13-16-26/h11-18,28,30-33H,19-25H2,1-10H3,(H,44,47)/t28?,30?,31?,32?,33-,42?/m0/s1. The highest BCUT2D eigenvalue weighted by Crippen LogP contribution is 2.65. The summed E-state index contributed by atoms with van der Waals surface area (Å²) in [5, 5.41) is 3.17. The molecule has 14 heteroatoms. The molecular weight excluding hydrogens is 717 g/mol. The number of benzene rings is 2. The maximum absolute atomic E-state index is 14.7. The molecule has 7 rings (SSSR count). The summed E-state index contributed by atoms with van der Waals surface area (Å²) in [5.41, 5.74) is -0.339. The number of carbonyl (C=O) groups excluding carboxylic acids is 4. The first-order chi connectivity index (χ1) is 26.2. The lowest BCUT2D eigenvalue weighted by molar-refractivity contribution is -0.199. The van der Waals surface area contributed by atoms with Crippen molar-refractivity contribution in [1.82, 2.24) is 15.1 Å². The van der Waals surface area contributed by atoms with Crippen molar-refractivity contribution in [3.8, 4) is 5.75 Å². The number of piperazine rings is 1. The predicted octanol–water partition coefficient (Wildman–Crippen LogP) is 6.20. The van der Waals surface area contributed by atoms with Crippen LogP contribution in [0.2, 0.25) is 0 Å². The summed E-state index contributed by atoms with van der Waals surface area (Å²) < 4.78 is 36.5. The van der Waals surface area contributed by atoms with Gasteiger partial charge in [-0.2, -0.15) is 0 Å². The Morgan fingerprint density at radius 1 is 0.911 bits per heavy atom. The fourth-order valence-electron chi connectivity index (χ4n) is 8.80. The first kappa shape index (κ1) is 41.3. The van der Waals surface area contributed by atoms with Gasteiger partial charge in [-0.05, 0) is 102 Å². The van der Waals surface area contributed by atoms with Crippen LogP contribution in [0.5, 0.6) is 5.75 Å². The van der Waals surface area contributed by atoms with Crippen molar-refractivity contribution < 1.29 is 47.4 Å². The highest BCUT2D eigenvalue weighted by atomic mass is 16.7. The second-order valence-electron chi connectivity index (χ2n) is 18.3. The Labute approximate surface area is 331 Å². The van der Waals surface area contributed by atoms with Gasteiger partial charge in [0.05, 0.1) is 31.3 Å². The molecule has 6 atom stereocenters. The third-order valence-electron chi connectivity index (χ3n) is 11.8. The van der Waals surface area contributed by atoms with Crippen molar-refractivity contribution in [2.75, 3.05) is 26.7 Å². The molecule has 0 aromatic heterocycles. The number of hydrogen-bond donors (Lipinski definition) is 1. The van der Waals surface area contributed by atoms with Gasteiger partial charge in [0.25, 0.3) is 0 Å². The SMILES string of the molecule is COc1c(C[C@H](NC(=O)C2CN(C(=O)OC(C)(C)C)CCN2C(=O)OCc2ccccc2)B2OC3CC4CC(C4(C)C)C3(C)O2)cccc1C(=O)OC(C)(C)C. The lowest BCUT2D eigenvalue weighted by Crippen LogP contribution is -2.65. The second-order valence-corrected chi connectivity index (χ2v) is 18.3. The maximum atomic E-state index is 14.7. The van der Waals surface area contributed by atoms with Gasteiger partial charge < -0.3 is 38.5 Å². The summed E-state index contributed by atoms with van der Waals surface area (Å²) in [6, 6.07) is 13.4. The Morgan fingerprint density at radius 2 is 1.61 bits per heavy atom. The number of esters is 1. The molecule has 13 nitrogen and oxygen atoms in total. The number of amides is 3. The van der Waals surface area contributed by atoms with E-state index in [0.29, 0.717) is 17.2 Å². The van der Waals surface area contributed by atoms with E-state index in [-0.39, 0.29) is 55.7 Å². The first-order valence-electron chi connectivity index (χ1n) is 19.7. The normalized spacial score (nSPS) is 26.0. The van der Waals surface area contributed by atoms with Crippen LogP contribution in [0, 0.1) is 17.3 Å². The summed E-state index contributed by atoms with van der Waals surface area (Å²) in [5.74, 6) is -0.791. The molecular formula is C42H58BN3O10. The fraction of sp³-hybridized carbons (Fsp3) is 0.619. The third kappa shape index (κ3) is 8.66. The van der Waals surface area contributed by atoms with E-state index >= 15 is 0 Å². The molecule has 3 aliphatic carbocycles. The number of para-hydroxylation sites is 1. The van der Waals surface area contributed by atoms with Gasteiger partial charge in [0.2, 0.25) is 5.91 Å². The topological polar surface area (TPSA) is 142 Å². The maximum Gasteiger partial charge on any atom is 0.482 e. The third-order valence-corrected chi connectivity index (χ3v) is 11.8. The van der Waals surface area contributed by atoms with Gasteiger partial charge in [-0.3, -0.25) is 9.69 Å². The van der Waals surface area contributed by atoms with Crippen LogP contribution in [0.25, 0.3) is 0 Å². The van der Waals surface area contributed by atoms with E-state index in [2.05, 4.69) is 26.1 Å². The van der Waals surface area contributed by atoms with Crippen LogP contribution in [0.1, 0.15) is 96.6 Å². The van der Waals surface area contributed by atoms with Crippen molar-refractivity contribution in [2.45, 2.75) is 123 Å². The fourth-order valence-corrected chi connectivity index (χ4v) is 8.80. The molecule has 56 heavy (non-hydrogen) atoms. The van der Waals surface area contributed by atoms with Crippen molar-refractivity contribution in [3.63, 3.8) is 0 Å². The van der Waals surface area contributed by atoms with E-state index in [1.165, 1.54) is 16.9 Å². The van der Waals surface area contributed by atoms with Gasteiger partial charge in [-0.15, -0.1) is 0 Å². The molecule has 0 spiro atoms. The minimum atomic E-state index is -1.14. The first-order valence-corrected chi connectivity index (χ1v) is 19.7.